The summed E-state index contributed by atoms with van der Waals surface area (Å²) >= 11 is 0. The number of nitrogens with zero attached hydrogens (tertiary/aromatic N) is 4. The zero-order valence-corrected chi connectivity index (χ0v) is 12.6. The van der Waals surface area contributed by atoms with Crippen molar-refractivity contribution in [2.75, 3.05) is 30.4 Å². The van der Waals surface area contributed by atoms with Gasteiger partial charge in [-0.15, -0.1) is 0 Å². The van der Waals surface area contributed by atoms with Crippen LogP contribution in [0.3, 0.4) is 0 Å². The van der Waals surface area contributed by atoms with Crippen LogP contribution in [-0.2, 0) is 0 Å². The van der Waals surface area contributed by atoms with Gasteiger partial charge in [-0.1, -0.05) is 13.8 Å². The maximum absolute atomic E-state index is 4.67. The van der Waals surface area contributed by atoms with Gasteiger partial charge in [-0.25, -0.2) is 4.98 Å². The van der Waals surface area contributed by atoms with Crippen molar-refractivity contribution < 1.29 is 0 Å². The lowest BCUT2D eigenvalue weighted by molar-refractivity contribution is 0.492. The van der Waals surface area contributed by atoms with Crippen LogP contribution in [0.4, 0.5) is 11.8 Å². The Bertz CT molecular complexity index is 403. The lowest BCUT2D eigenvalue weighted by atomic mass is 10.0. The van der Waals surface area contributed by atoms with Gasteiger partial charge in [0.25, 0.3) is 0 Å². The van der Waals surface area contributed by atoms with E-state index in [-0.39, 0.29) is 0 Å². The average Bonchev–Trinajstić information content (AvgIpc) is 2.84. The molecule has 4 nitrogen and oxygen atoms in total. The average molecular weight is 262 g/mol. The third kappa shape index (κ3) is 3.58. The summed E-state index contributed by atoms with van der Waals surface area (Å²) in [5.41, 5.74) is 0. The first-order valence-corrected chi connectivity index (χ1v) is 7.35. The number of hydrogen-bond acceptors (Lipinski definition) is 4. The van der Waals surface area contributed by atoms with Gasteiger partial charge in [0.1, 0.15) is 5.82 Å². The van der Waals surface area contributed by atoms with E-state index in [0.717, 1.165) is 24.2 Å². The molecular weight excluding hydrogens is 236 g/mol. The molecule has 19 heavy (non-hydrogen) atoms. The van der Waals surface area contributed by atoms with Gasteiger partial charge in [0.2, 0.25) is 5.95 Å². The van der Waals surface area contributed by atoms with E-state index in [0.29, 0.717) is 6.04 Å². The van der Waals surface area contributed by atoms with E-state index >= 15 is 0 Å². The van der Waals surface area contributed by atoms with Gasteiger partial charge in [0.05, 0.1) is 0 Å². The summed E-state index contributed by atoms with van der Waals surface area (Å²) in [6.07, 6.45) is 6.96. The van der Waals surface area contributed by atoms with Gasteiger partial charge in [-0.05, 0) is 37.7 Å². The van der Waals surface area contributed by atoms with Crippen LogP contribution >= 0.6 is 0 Å². The highest BCUT2D eigenvalue weighted by molar-refractivity contribution is 5.43. The van der Waals surface area contributed by atoms with Crippen molar-refractivity contribution in [3.05, 3.63) is 12.3 Å². The van der Waals surface area contributed by atoms with Crippen LogP contribution in [0.1, 0.15) is 39.5 Å². The number of hydrogen-bond donors (Lipinski definition) is 0. The molecule has 1 atom stereocenters. The Morgan fingerprint density at radius 1 is 1.42 bits per heavy atom. The standard InChI is InChI=1S/C15H26N4/c1-12(2)7-8-13-6-5-11-19(13)15-16-10-9-14(17-15)18(3)4/h9-10,12-13H,5-8,11H2,1-4H3. The Hall–Kier alpha value is -1.32. The minimum Gasteiger partial charge on any atom is -0.363 e. The van der Waals surface area contributed by atoms with Gasteiger partial charge in [0, 0.05) is 32.9 Å². The maximum atomic E-state index is 4.67. The maximum Gasteiger partial charge on any atom is 0.227 e. The molecule has 0 spiro atoms. The molecule has 2 rings (SSSR count). The molecule has 1 saturated heterocycles. The normalized spacial score (nSPS) is 19.2. The predicted octanol–water partition coefficient (Wildman–Crippen LogP) is 2.95. The van der Waals surface area contributed by atoms with E-state index in [9.17, 15) is 0 Å². The predicted molar refractivity (Wildman–Crippen MR) is 80.8 cm³/mol. The van der Waals surface area contributed by atoms with Crippen LogP contribution in [-0.4, -0.2) is 36.6 Å². The van der Waals surface area contributed by atoms with E-state index in [1.165, 1.54) is 25.7 Å². The summed E-state index contributed by atoms with van der Waals surface area (Å²) in [5, 5.41) is 0. The molecule has 0 bridgehead atoms. The Labute approximate surface area is 116 Å². The fourth-order valence-electron chi connectivity index (χ4n) is 2.65. The third-order valence-corrected chi connectivity index (χ3v) is 3.80. The fraction of sp³-hybridized carbons (Fsp3) is 0.733. The molecule has 1 fully saturated rings. The minimum absolute atomic E-state index is 0.625. The molecule has 2 heterocycles. The first kappa shape index (κ1) is 14.1. The molecule has 0 amide bonds. The second-order valence-electron chi connectivity index (χ2n) is 6.07. The van der Waals surface area contributed by atoms with Crippen molar-refractivity contribution in [2.45, 2.75) is 45.6 Å². The summed E-state index contributed by atoms with van der Waals surface area (Å²) in [4.78, 5) is 13.6. The second kappa shape index (κ2) is 6.22. The Kier molecular flexibility index (Phi) is 4.61. The third-order valence-electron chi connectivity index (χ3n) is 3.80. The highest BCUT2D eigenvalue weighted by Gasteiger charge is 2.26. The fourth-order valence-corrected chi connectivity index (χ4v) is 2.65. The summed E-state index contributed by atoms with van der Waals surface area (Å²) < 4.78 is 0. The van der Waals surface area contributed by atoms with Gasteiger partial charge >= 0.3 is 0 Å². The minimum atomic E-state index is 0.625. The molecule has 0 N–H and O–H groups in total. The van der Waals surface area contributed by atoms with Crippen molar-refractivity contribution >= 4 is 11.8 Å². The summed E-state index contributed by atoms with van der Waals surface area (Å²) in [5.74, 6) is 2.66. The highest BCUT2D eigenvalue weighted by atomic mass is 15.3. The van der Waals surface area contributed by atoms with Crippen LogP contribution in [0.15, 0.2) is 12.3 Å². The number of aromatic nitrogens is 2. The molecule has 0 aromatic carbocycles. The molecule has 1 aromatic heterocycles. The molecule has 1 aliphatic rings. The van der Waals surface area contributed by atoms with E-state index < -0.39 is 0 Å². The van der Waals surface area contributed by atoms with E-state index in [4.69, 9.17) is 0 Å². The van der Waals surface area contributed by atoms with Crippen molar-refractivity contribution in [3.63, 3.8) is 0 Å². The molecule has 0 saturated carbocycles. The quantitative estimate of drug-likeness (QED) is 0.816. The molecular formula is C15H26N4. The molecule has 106 valence electrons. The monoisotopic (exact) mass is 262 g/mol. The Balaban J connectivity index is 2.08. The lowest BCUT2D eigenvalue weighted by Crippen LogP contribution is -2.31. The SMILES string of the molecule is CC(C)CCC1CCCN1c1nccc(N(C)C)n1. The van der Waals surface area contributed by atoms with E-state index in [2.05, 4.69) is 28.7 Å². The Morgan fingerprint density at radius 3 is 2.89 bits per heavy atom. The van der Waals surface area contributed by atoms with Crippen molar-refractivity contribution in [3.8, 4) is 0 Å². The van der Waals surface area contributed by atoms with Gasteiger partial charge in [-0.3, -0.25) is 0 Å². The molecule has 1 aliphatic heterocycles. The van der Waals surface area contributed by atoms with Crippen molar-refractivity contribution in [2.24, 2.45) is 5.92 Å². The summed E-state index contributed by atoms with van der Waals surface area (Å²) in [6, 6.07) is 2.59. The first-order valence-electron chi connectivity index (χ1n) is 7.35. The van der Waals surface area contributed by atoms with E-state index in [1.807, 2.05) is 31.3 Å². The number of anilines is 2. The second-order valence-corrected chi connectivity index (χ2v) is 6.07. The van der Waals surface area contributed by atoms with E-state index in [1.54, 1.807) is 0 Å². The Morgan fingerprint density at radius 2 is 2.21 bits per heavy atom. The zero-order chi connectivity index (χ0) is 13.8. The van der Waals surface area contributed by atoms with Crippen LogP contribution in [0.25, 0.3) is 0 Å². The van der Waals surface area contributed by atoms with Crippen LogP contribution in [0.2, 0.25) is 0 Å². The van der Waals surface area contributed by atoms with Crippen molar-refractivity contribution in [1.82, 2.24) is 9.97 Å². The van der Waals surface area contributed by atoms with Crippen LogP contribution in [0.5, 0.6) is 0 Å². The number of rotatable bonds is 5. The largest absolute Gasteiger partial charge is 0.363 e. The van der Waals surface area contributed by atoms with Gasteiger partial charge in [0.15, 0.2) is 0 Å². The molecule has 1 aromatic rings. The molecule has 0 aliphatic carbocycles. The lowest BCUT2D eigenvalue weighted by Gasteiger charge is -2.26. The summed E-state index contributed by atoms with van der Waals surface area (Å²) in [7, 11) is 4.04. The molecule has 1 unspecified atom stereocenters. The topological polar surface area (TPSA) is 32.3 Å². The zero-order valence-electron chi connectivity index (χ0n) is 12.6. The molecule has 0 radical (unpaired) electrons. The smallest absolute Gasteiger partial charge is 0.227 e. The highest BCUT2D eigenvalue weighted by Crippen LogP contribution is 2.27. The molecule has 4 heteroatoms. The van der Waals surface area contributed by atoms with Gasteiger partial charge < -0.3 is 9.80 Å². The first-order chi connectivity index (χ1) is 9.08. The van der Waals surface area contributed by atoms with Crippen LogP contribution < -0.4 is 9.80 Å². The van der Waals surface area contributed by atoms with Crippen LogP contribution in [0, 0.1) is 5.92 Å². The van der Waals surface area contributed by atoms with Crippen molar-refractivity contribution in [1.29, 1.82) is 0 Å². The van der Waals surface area contributed by atoms with Gasteiger partial charge in [-0.2, -0.15) is 4.98 Å². The summed E-state index contributed by atoms with van der Waals surface area (Å²) in [6.45, 7) is 5.69.